The molecule has 15 heavy (non-hydrogen) atoms. The number of benzene rings is 1. The molecule has 2 atom stereocenters. The summed E-state index contributed by atoms with van der Waals surface area (Å²) >= 11 is 0. The van der Waals surface area contributed by atoms with Crippen LogP contribution in [0.25, 0.3) is 0 Å². The Kier molecular flexibility index (Phi) is 2.41. The van der Waals surface area contributed by atoms with Crippen molar-refractivity contribution in [3.05, 3.63) is 35.9 Å². The zero-order chi connectivity index (χ0) is 10.8. The van der Waals surface area contributed by atoms with Crippen molar-refractivity contribution in [2.45, 2.75) is 5.92 Å². The van der Waals surface area contributed by atoms with Gasteiger partial charge in [0.2, 0.25) is 5.91 Å². The third-order valence-electron chi connectivity index (χ3n) is 2.66. The molecule has 1 amide bonds. The first-order valence-corrected chi connectivity index (χ1v) is 4.73. The second-order valence-electron chi connectivity index (χ2n) is 3.56. The minimum atomic E-state index is -1.31. The van der Waals surface area contributed by atoms with Gasteiger partial charge in [0.1, 0.15) is 0 Å². The van der Waals surface area contributed by atoms with E-state index in [1.165, 1.54) is 0 Å². The summed E-state index contributed by atoms with van der Waals surface area (Å²) in [5, 5.41) is 13.4. The van der Waals surface area contributed by atoms with E-state index in [1.807, 2.05) is 30.3 Å². The van der Waals surface area contributed by atoms with Crippen LogP contribution in [0.5, 0.6) is 0 Å². The van der Waals surface area contributed by atoms with E-state index in [4.69, 9.17) is 0 Å². The highest BCUT2D eigenvalue weighted by atomic mass is 16.4. The molecule has 0 radical (unpaired) electrons. The zero-order valence-corrected chi connectivity index (χ0v) is 7.97. The quantitative estimate of drug-likeness (QED) is 0.645. The lowest BCUT2D eigenvalue weighted by molar-refractivity contribution is -0.310. The first-order valence-electron chi connectivity index (χ1n) is 4.73. The molecule has 4 nitrogen and oxygen atoms in total. The maximum atomic E-state index is 11.3. The summed E-state index contributed by atoms with van der Waals surface area (Å²) in [6, 6.07) is 9.14. The third kappa shape index (κ3) is 1.70. The van der Waals surface area contributed by atoms with Crippen molar-refractivity contribution in [3.8, 4) is 0 Å². The number of rotatable bonds is 2. The Bertz CT molecular complexity index is 388. The normalized spacial score (nSPS) is 24.9. The number of hydrogen-bond donors (Lipinski definition) is 1. The van der Waals surface area contributed by atoms with Gasteiger partial charge < -0.3 is 15.2 Å². The van der Waals surface area contributed by atoms with Crippen LogP contribution >= 0.6 is 0 Å². The number of carbonyl (C=O) groups excluding carboxylic acids is 2. The summed E-state index contributed by atoms with van der Waals surface area (Å²) in [4.78, 5) is 22.1. The standard InChI is InChI=1S/C11H11NO3/c13-10-9(11(14)15)8(6-12-10)7-4-2-1-3-5-7/h1-5,8-9H,6H2,(H,12,13)(H,14,15)/p-1/t8-,9-/m0/s1. The maximum Gasteiger partial charge on any atom is 0.229 e. The van der Waals surface area contributed by atoms with Gasteiger partial charge in [-0.25, -0.2) is 0 Å². The zero-order valence-electron chi connectivity index (χ0n) is 7.97. The van der Waals surface area contributed by atoms with Gasteiger partial charge in [-0.2, -0.15) is 0 Å². The first kappa shape index (κ1) is 9.71. The van der Waals surface area contributed by atoms with E-state index < -0.39 is 17.8 Å². The van der Waals surface area contributed by atoms with Gasteiger partial charge in [-0.1, -0.05) is 30.3 Å². The molecule has 78 valence electrons. The average Bonchev–Trinajstić information content (AvgIpc) is 2.61. The predicted molar refractivity (Wildman–Crippen MR) is 50.7 cm³/mol. The largest absolute Gasteiger partial charge is 0.549 e. The van der Waals surface area contributed by atoms with E-state index in [-0.39, 0.29) is 5.92 Å². The van der Waals surface area contributed by atoms with E-state index in [9.17, 15) is 14.7 Å². The fraction of sp³-hybridized carbons (Fsp3) is 0.273. The van der Waals surface area contributed by atoms with E-state index in [0.29, 0.717) is 6.54 Å². The second-order valence-corrected chi connectivity index (χ2v) is 3.56. The van der Waals surface area contributed by atoms with Crippen LogP contribution in [0.3, 0.4) is 0 Å². The molecule has 4 heteroatoms. The summed E-state index contributed by atoms with van der Waals surface area (Å²) in [6.07, 6.45) is 0. The molecular weight excluding hydrogens is 194 g/mol. The molecular formula is C11H10NO3-. The van der Waals surface area contributed by atoms with Crippen molar-refractivity contribution in [2.75, 3.05) is 6.54 Å². The van der Waals surface area contributed by atoms with Gasteiger partial charge in [-0.15, -0.1) is 0 Å². The van der Waals surface area contributed by atoms with E-state index in [2.05, 4.69) is 5.32 Å². The van der Waals surface area contributed by atoms with Crippen LogP contribution in [-0.4, -0.2) is 18.4 Å². The molecule has 0 bridgehead atoms. The van der Waals surface area contributed by atoms with Crippen molar-refractivity contribution in [3.63, 3.8) is 0 Å². The summed E-state index contributed by atoms with van der Waals surface area (Å²) in [5.74, 6) is -3.14. The molecule has 1 aliphatic rings. The number of nitrogens with one attached hydrogen (secondary N) is 1. The first-order chi connectivity index (χ1) is 7.20. The van der Waals surface area contributed by atoms with Crippen LogP contribution in [0, 0.1) is 5.92 Å². The van der Waals surface area contributed by atoms with Crippen molar-refractivity contribution in [1.29, 1.82) is 0 Å². The van der Waals surface area contributed by atoms with Crippen molar-refractivity contribution < 1.29 is 14.7 Å². The topological polar surface area (TPSA) is 69.2 Å². The lowest BCUT2D eigenvalue weighted by Gasteiger charge is -2.17. The van der Waals surface area contributed by atoms with Gasteiger partial charge in [0.15, 0.2) is 0 Å². The molecule has 1 fully saturated rings. The van der Waals surface area contributed by atoms with Crippen molar-refractivity contribution >= 4 is 11.9 Å². The molecule has 1 N–H and O–H groups in total. The van der Waals surface area contributed by atoms with Gasteiger partial charge in [-0.05, 0) is 5.56 Å². The Hall–Kier alpha value is -1.84. The third-order valence-corrected chi connectivity index (χ3v) is 2.66. The van der Waals surface area contributed by atoms with Gasteiger partial charge in [0.05, 0.1) is 11.9 Å². The molecule has 0 spiro atoms. The number of aliphatic carboxylic acids is 1. The summed E-state index contributed by atoms with van der Waals surface area (Å²) in [6.45, 7) is 0.363. The Labute approximate surface area is 86.9 Å². The molecule has 1 aliphatic heterocycles. The lowest BCUT2D eigenvalue weighted by atomic mass is 9.89. The van der Waals surface area contributed by atoms with Crippen LogP contribution in [0.15, 0.2) is 30.3 Å². The van der Waals surface area contributed by atoms with Gasteiger partial charge in [0.25, 0.3) is 0 Å². The molecule has 0 unspecified atom stereocenters. The highest BCUT2D eigenvalue weighted by Gasteiger charge is 2.36. The fourth-order valence-corrected chi connectivity index (χ4v) is 1.90. The van der Waals surface area contributed by atoms with Crippen LogP contribution in [0.1, 0.15) is 11.5 Å². The average molecular weight is 204 g/mol. The van der Waals surface area contributed by atoms with Crippen LogP contribution < -0.4 is 10.4 Å². The number of amides is 1. The smallest absolute Gasteiger partial charge is 0.229 e. The predicted octanol–water partition coefficient (Wildman–Crippen LogP) is -0.734. The number of carboxylic acids is 1. The Morgan fingerprint density at radius 1 is 1.33 bits per heavy atom. The van der Waals surface area contributed by atoms with Crippen LogP contribution in [-0.2, 0) is 9.59 Å². The van der Waals surface area contributed by atoms with Crippen LogP contribution in [0.2, 0.25) is 0 Å². The summed E-state index contributed by atoms with van der Waals surface area (Å²) in [5.41, 5.74) is 0.852. The highest BCUT2D eigenvalue weighted by Crippen LogP contribution is 2.28. The van der Waals surface area contributed by atoms with Crippen molar-refractivity contribution in [2.24, 2.45) is 5.92 Å². The molecule has 1 aromatic carbocycles. The number of carboxylic acid groups (broad SMARTS) is 1. The SMILES string of the molecule is O=C([O-])[C@@H]1C(=O)NC[C@H]1c1ccccc1. The van der Waals surface area contributed by atoms with Crippen molar-refractivity contribution in [1.82, 2.24) is 5.32 Å². The molecule has 1 aromatic rings. The lowest BCUT2D eigenvalue weighted by Crippen LogP contribution is -2.38. The molecule has 0 aromatic heterocycles. The van der Waals surface area contributed by atoms with Gasteiger partial charge >= 0.3 is 0 Å². The number of carbonyl (C=O) groups is 2. The van der Waals surface area contributed by atoms with E-state index in [0.717, 1.165) is 5.56 Å². The van der Waals surface area contributed by atoms with Gasteiger partial charge in [-0.3, -0.25) is 4.79 Å². The van der Waals surface area contributed by atoms with Crippen LogP contribution in [0.4, 0.5) is 0 Å². The highest BCUT2D eigenvalue weighted by molar-refractivity contribution is 5.99. The minimum absolute atomic E-state index is 0.316. The van der Waals surface area contributed by atoms with E-state index in [1.54, 1.807) is 0 Å². The fourth-order valence-electron chi connectivity index (χ4n) is 1.90. The molecule has 2 rings (SSSR count). The van der Waals surface area contributed by atoms with Gasteiger partial charge in [0, 0.05) is 12.5 Å². The summed E-state index contributed by atoms with van der Waals surface area (Å²) in [7, 11) is 0. The second kappa shape index (κ2) is 3.73. The monoisotopic (exact) mass is 204 g/mol. The summed E-state index contributed by atoms with van der Waals surface area (Å²) < 4.78 is 0. The number of hydrogen-bond acceptors (Lipinski definition) is 3. The Balaban J connectivity index is 2.30. The minimum Gasteiger partial charge on any atom is -0.549 e. The molecule has 1 saturated heterocycles. The van der Waals surface area contributed by atoms with E-state index >= 15 is 0 Å². The molecule has 0 saturated carbocycles. The molecule has 0 aliphatic carbocycles. The maximum absolute atomic E-state index is 11.3. The Morgan fingerprint density at radius 2 is 2.00 bits per heavy atom. The molecule has 1 heterocycles. The Morgan fingerprint density at radius 3 is 2.60 bits per heavy atom.